The van der Waals surface area contributed by atoms with Crippen molar-refractivity contribution in [3.05, 3.63) is 76.1 Å². The Hall–Kier alpha value is -2.30. The van der Waals surface area contributed by atoms with E-state index in [0.717, 1.165) is 50.2 Å². The van der Waals surface area contributed by atoms with E-state index in [0.29, 0.717) is 5.92 Å². The SMILES string of the molecule is CC/C=C/C1CCc2c(ccc3c2CCC(c2ccc(OC(F)(F)F)c(F)c2)C3)C1. The van der Waals surface area contributed by atoms with E-state index >= 15 is 0 Å². The molecule has 2 unspecified atom stereocenters. The second kappa shape index (κ2) is 8.44. The minimum atomic E-state index is -4.89. The van der Waals surface area contributed by atoms with Crippen LogP contribution in [-0.2, 0) is 25.7 Å². The summed E-state index contributed by atoms with van der Waals surface area (Å²) in [6.45, 7) is 2.16. The second-order valence-corrected chi connectivity index (χ2v) is 8.36. The predicted octanol–water partition coefficient (Wildman–Crippen LogP) is 7.07. The number of ether oxygens (including phenoxy) is 1. The smallest absolute Gasteiger partial charge is 0.403 e. The highest BCUT2D eigenvalue weighted by molar-refractivity contribution is 5.46. The van der Waals surface area contributed by atoms with E-state index in [1.807, 2.05) is 0 Å². The van der Waals surface area contributed by atoms with Gasteiger partial charge in [-0.1, -0.05) is 37.3 Å². The zero-order valence-corrected chi connectivity index (χ0v) is 17.1. The van der Waals surface area contributed by atoms with Gasteiger partial charge >= 0.3 is 6.36 Å². The number of hydrogen-bond donors (Lipinski definition) is 0. The van der Waals surface area contributed by atoms with Gasteiger partial charge in [-0.15, -0.1) is 13.2 Å². The van der Waals surface area contributed by atoms with Crippen molar-refractivity contribution in [2.45, 2.75) is 64.1 Å². The Kier molecular flexibility index (Phi) is 5.90. The summed E-state index contributed by atoms with van der Waals surface area (Å²) in [6.07, 6.45) is 6.74. The molecular weight excluding hydrogens is 392 g/mol. The molecular formula is C25H26F4O. The Morgan fingerprint density at radius 1 is 1.00 bits per heavy atom. The van der Waals surface area contributed by atoms with Crippen molar-refractivity contribution in [2.75, 3.05) is 0 Å². The number of fused-ring (bicyclic) bond motifs is 3. The molecule has 160 valence electrons. The number of allylic oxidation sites excluding steroid dienone is 2. The van der Waals surface area contributed by atoms with Crippen LogP contribution in [0.1, 0.15) is 59.9 Å². The first kappa shape index (κ1) is 21.0. The Morgan fingerprint density at radius 3 is 2.37 bits per heavy atom. The molecule has 2 aromatic carbocycles. The van der Waals surface area contributed by atoms with Gasteiger partial charge in [0.05, 0.1) is 0 Å². The van der Waals surface area contributed by atoms with Gasteiger partial charge in [-0.3, -0.25) is 0 Å². The molecule has 5 heteroatoms. The van der Waals surface area contributed by atoms with E-state index in [1.165, 1.54) is 34.7 Å². The van der Waals surface area contributed by atoms with Gasteiger partial charge in [0.25, 0.3) is 0 Å². The van der Waals surface area contributed by atoms with Gasteiger partial charge in [0.1, 0.15) is 0 Å². The summed E-state index contributed by atoms with van der Waals surface area (Å²) in [4.78, 5) is 0. The first-order valence-corrected chi connectivity index (χ1v) is 10.7. The summed E-state index contributed by atoms with van der Waals surface area (Å²) in [5.74, 6) is -1.02. The van der Waals surface area contributed by atoms with Gasteiger partial charge in [-0.25, -0.2) is 4.39 Å². The standard InChI is InChI=1S/C25H26F4O/c1-2-3-4-16-5-10-21-19(13-16)6-7-20-14-17(8-11-22(20)21)18-9-12-24(23(26)15-18)30-25(27,28)29/h3-4,6-7,9,12,15-17H,2,5,8,10-11,13-14H2,1H3/b4-3+. The summed E-state index contributed by atoms with van der Waals surface area (Å²) in [6, 6.07) is 8.28. The first-order valence-electron chi connectivity index (χ1n) is 10.7. The third kappa shape index (κ3) is 4.55. The maximum Gasteiger partial charge on any atom is 0.573 e. The average Bonchev–Trinajstić information content (AvgIpc) is 2.72. The fourth-order valence-corrected chi connectivity index (χ4v) is 4.95. The zero-order chi connectivity index (χ0) is 21.3. The highest BCUT2D eigenvalue weighted by atomic mass is 19.4. The third-order valence-electron chi connectivity index (χ3n) is 6.38. The summed E-state index contributed by atoms with van der Waals surface area (Å²) in [5.41, 5.74) is 6.41. The van der Waals surface area contributed by atoms with Crippen LogP contribution in [0.3, 0.4) is 0 Å². The van der Waals surface area contributed by atoms with E-state index in [4.69, 9.17) is 0 Å². The van der Waals surface area contributed by atoms with E-state index in [2.05, 4.69) is 35.9 Å². The van der Waals surface area contributed by atoms with Crippen molar-refractivity contribution in [1.82, 2.24) is 0 Å². The molecule has 0 spiro atoms. The quantitative estimate of drug-likeness (QED) is 0.381. The molecule has 0 saturated carbocycles. The Bertz CT molecular complexity index is 945. The highest BCUT2D eigenvalue weighted by Crippen LogP contribution is 2.39. The van der Waals surface area contributed by atoms with Gasteiger partial charge in [0.15, 0.2) is 11.6 Å². The summed E-state index contributed by atoms with van der Waals surface area (Å²) in [7, 11) is 0. The van der Waals surface area contributed by atoms with Crippen LogP contribution in [0.25, 0.3) is 0 Å². The number of benzene rings is 2. The predicted molar refractivity (Wildman–Crippen MR) is 109 cm³/mol. The fourth-order valence-electron chi connectivity index (χ4n) is 4.95. The van der Waals surface area contributed by atoms with Crippen molar-refractivity contribution in [3.8, 4) is 5.75 Å². The molecule has 0 aliphatic heterocycles. The van der Waals surface area contributed by atoms with E-state index < -0.39 is 17.9 Å². The van der Waals surface area contributed by atoms with Crippen LogP contribution in [0.15, 0.2) is 42.5 Å². The van der Waals surface area contributed by atoms with Gasteiger partial charge in [-0.05, 0) is 96.7 Å². The average molecular weight is 418 g/mol. The largest absolute Gasteiger partial charge is 0.573 e. The van der Waals surface area contributed by atoms with Gasteiger partial charge < -0.3 is 4.74 Å². The van der Waals surface area contributed by atoms with Crippen LogP contribution in [0.2, 0.25) is 0 Å². The summed E-state index contributed by atoms with van der Waals surface area (Å²) < 4.78 is 55.0. The Morgan fingerprint density at radius 2 is 1.70 bits per heavy atom. The van der Waals surface area contributed by atoms with Gasteiger partial charge in [0.2, 0.25) is 0 Å². The Balaban J connectivity index is 1.51. The topological polar surface area (TPSA) is 9.23 Å². The van der Waals surface area contributed by atoms with Crippen LogP contribution >= 0.6 is 0 Å². The van der Waals surface area contributed by atoms with Crippen molar-refractivity contribution in [1.29, 1.82) is 0 Å². The lowest BCUT2D eigenvalue weighted by atomic mass is 9.74. The van der Waals surface area contributed by atoms with E-state index in [-0.39, 0.29) is 5.92 Å². The van der Waals surface area contributed by atoms with E-state index in [1.54, 1.807) is 6.07 Å². The molecule has 0 heterocycles. The normalized spacial score (nSPS) is 21.4. The molecule has 0 amide bonds. The van der Waals surface area contributed by atoms with Crippen molar-refractivity contribution < 1.29 is 22.3 Å². The molecule has 2 aromatic rings. The number of hydrogen-bond acceptors (Lipinski definition) is 1. The maximum absolute atomic E-state index is 14.2. The molecule has 2 aliphatic rings. The molecule has 0 bridgehead atoms. The lowest BCUT2D eigenvalue weighted by Crippen LogP contribution is -2.20. The minimum Gasteiger partial charge on any atom is -0.403 e. The summed E-state index contributed by atoms with van der Waals surface area (Å²) >= 11 is 0. The van der Waals surface area contributed by atoms with Gasteiger partial charge in [-0.2, -0.15) is 0 Å². The van der Waals surface area contributed by atoms with Crippen molar-refractivity contribution in [3.63, 3.8) is 0 Å². The molecule has 0 aromatic heterocycles. The molecule has 2 aliphatic carbocycles. The molecule has 4 rings (SSSR count). The van der Waals surface area contributed by atoms with Crippen LogP contribution in [0, 0.1) is 11.7 Å². The highest BCUT2D eigenvalue weighted by Gasteiger charge is 2.33. The number of alkyl halides is 3. The van der Waals surface area contributed by atoms with Crippen LogP contribution in [0.4, 0.5) is 17.6 Å². The van der Waals surface area contributed by atoms with E-state index in [9.17, 15) is 17.6 Å². The molecule has 2 atom stereocenters. The fraction of sp³-hybridized carbons (Fsp3) is 0.440. The molecule has 1 nitrogen and oxygen atoms in total. The summed E-state index contributed by atoms with van der Waals surface area (Å²) in [5, 5.41) is 0. The third-order valence-corrected chi connectivity index (χ3v) is 6.38. The molecule has 0 radical (unpaired) electrons. The minimum absolute atomic E-state index is 0.105. The first-order chi connectivity index (χ1) is 14.3. The molecule has 30 heavy (non-hydrogen) atoms. The van der Waals surface area contributed by atoms with Crippen LogP contribution in [0.5, 0.6) is 5.75 Å². The Labute approximate surface area is 174 Å². The van der Waals surface area contributed by atoms with Crippen LogP contribution in [-0.4, -0.2) is 6.36 Å². The molecule has 0 saturated heterocycles. The second-order valence-electron chi connectivity index (χ2n) is 8.36. The van der Waals surface area contributed by atoms with Crippen LogP contribution < -0.4 is 4.74 Å². The number of rotatable bonds is 4. The van der Waals surface area contributed by atoms with Gasteiger partial charge in [0, 0.05) is 0 Å². The monoisotopic (exact) mass is 418 g/mol. The zero-order valence-electron chi connectivity index (χ0n) is 17.1. The lowest BCUT2D eigenvalue weighted by Gasteiger charge is -2.31. The molecule has 0 fully saturated rings. The van der Waals surface area contributed by atoms with Crippen molar-refractivity contribution in [2.24, 2.45) is 5.92 Å². The molecule has 0 N–H and O–H groups in total. The lowest BCUT2D eigenvalue weighted by molar-refractivity contribution is -0.275. The van der Waals surface area contributed by atoms with Crippen molar-refractivity contribution >= 4 is 0 Å². The number of halogens is 4. The maximum atomic E-state index is 14.2.